The SMILES string of the molecule is Nc1ccccc1N.Nc1ccccc1N.Nc1ccccc1N.O=C([O-])CC(O)(CC(=O)[O-])C(=O)[O-].[Na+].[Na+].[Na+]. The fourth-order valence-corrected chi connectivity index (χ4v) is 2.22. The van der Waals surface area contributed by atoms with Crippen molar-refractivity contribution in [3.63, 3.8) is 0 Å². The number of carbonyl (C=O) groups is 3. The van der Waals surface area contributed by atoms with Gasteiger partial charge in [-0.25, -0.2) is 0 Å². The molecular weight excluding hydrogens is 553 g/mol. The number of nitrogen functional groups attached to an aromatic ring is 6. The average Bonchev–Trinajstić information content (AvgIpc) is 2.80. The van der Waals surface area contributed by atoms with E-state index in [2.05, 4.69) is 0 Å². The predicted octanol–water partition coefficient (Wildman–Crippen LogP) is -11.7. The van der Waals surface area contributed by atoms with E-state index in [0.717, 1.165) is 0 Å². The number of carboxylic acid groups (broad SMARTS) is 3. The molecule has 0 heterocycles. The van der Waals surface area contributed by atoms with Gasteiger partial charge >= 0.3 is 88.7 Å². The van der Waals surface area contributed by atoms with E-state index < -0.39 is 36.4 Å². The number of para-hydroxylation sites is 6. The molecule has 0 radical (unpaired) electrons. The summed E-state index contributed by atoms with van der Waals surface area (Å²) in [4.78, 5) is 30.0. The number of carboxylic acids is 3. The molecule has 16 heteroatoms. The molecule has 13 N–H and O–H groups in total. The van der Waals surface area contributed by atoms with Gasteiger partial charge in [-0.15, -0.1) is 0 Å². The van der Waals surface area contributed by atoms with E-state index in [9.17, 15) is 29.7 Å². The standard InChI is InChI=1S/3C6H8N2.C6H8O7.3Na/c3*7-5-3-1-2-4-6(5)8;7-3(8)1-6(13,5(11)12)2-4(9)10;;;/h3*1-4H,7-8H2;13H,1-2H2,(H,7,8)(H,9,10)(H,11,12);;;/q;;;;3*+1/p-3. The van der Waals surface area contributed by atoms with Crippen LogP contribution in [0.15, 0.2) is 72.8 Å². The van der Waals surface area contributed by atoms with Crippen LogP contribution in [0.25, 0.3) is 0 Å². The molecule has 3 rings (SSSR count). The molecule has 0 aliphatic heterocycles. The van der Waals surface area contributed by atoms with Gasteiger partial charge < -0.3 is 69.2 Å². The van der Waals surface area contributed by atoms with Crippen molar-refractivity contribution in [3.05, 3.63) is 72.8 Å². The van der Waals surface area contributed by atoms with Gasteiger partial charge in [0, 0.05) is 24.8 Å². The maximum Gasteiger partial charge on any atom is 1.00 e. The van der Waals surface area contributed by atoms with Crippen LogP contribution >= 0.6 is 0 Å². The molecule has 13 nitrogen and oxygen atoms in total. The van der Waals surface area contributed by atoms with Crippen molar-refractivity contribution in [1.82, 2.24) is 0 Å². The van der Waals surface area contributed by atoms with E-state index in [1.54, 1.807) is 36.4 Å². The van der Waals surface area contributed by atoms with Gasteiger partial charge in [-0.05, 0) is 36.4 Å². The minimum absolute atomic E-state index is 0. The van der Waals surface area contributed by atoms with Gasteiger partial charge in [-0.2, -0.15) is 0 Å². The smallest absolute Gasteiger partial charge is 0.550 e. The number of aliphatic carboxylic acids is 3. The summed E-state index contributed by atoms with van der Waals surface area (Å²) in [5.41, 5.74) is 33.3. The van der Waals surface area contributed by atoms with Crippen LogP contribution in [0.5, 0.6) is 0 Å². The molecule has 0 aromatic heterocycles. The number of benzene rings is 3. The van der Waals surface area contributed by atoms with Crippen molar-refractivity contribution in [3.8, 4) is 0 Å². The van der Waals surface area contributed by atoms with Crippen molar-refractivity contribution < 1.29 is 123 Å². The number of hydrogen-bond acceptors (Lipinski definition) is 13. The molecule has 0 atom stereocenters. The van der Waals surface area contributed by atoms with Crippen molar-refractivity contribution in [2.75, 3.05) is 34.4 Å². The zero-order chi connectivity index (χ0) is 28.6. The third-order valence-corrected chi connectivity index (χ3v) is 4.24. The Morgan fingerprint density at radius 1 is 0.525 bits per heavy atom. The van der Waals surface area contributed by atoms with E-state index in [1.807, 2.05) is 36.4 Å². The normalized spacial score (nSPS) is 8.93. The predicted molar refractivity (Wildman–Crippen MR) is 135 cm³/mol. The third-order valence-electron chi connectivity index (χ3n) is 4.24. The molecule has 0 saturated heterocycles. The summed E-state index contributed by atoms with van der Waals surface area (Å²) in [7, 11) is 0. The minimum atomic E-state index is -2.97. The van der Waals surface area contributed by atoms with Gasteiger partial charge in [0.25, 0.3) is 0 Å². The largest absolute Gasteiger partial charge is 1.00 e. The fourth-order valence-electron chi connectivity index (χ4n) is 2.22. The van der Waals surface area contributed by atoms with Gasteiger partial charge in [-0.3, -0.25) is 0 Å². The fraction of sp³-hybridized carbons (Fsp3) is 0.125. The topological polar surface area (TPSA) is 297 Å². The van der Waals surface area contributed by atoms with E-state index in [-0.39, 0.29) is 88.7 Å². The monoisotopic (exact) mass is 582 g/mol. The molecule has 200 valence electrons. The molecule has 0 fully saturated rings. The van der Waals surface area contributed by atoms with E-state index in [1.165, 1.54) is 0 Å². The molecule has 40 heavy (non-hydrogen) atoms. The summed E-state index contributed by atoms with van der Waals surface area (Å²) in [6, 6.07) is 21.8. The van der Waals surface area contributed by atoms with Gasteiger partial charge in [0.05, 0.1) is 40.1 Å². The number of hydrogen-bond donors (Lipinski definition) is 7. The Labute approximate surface area is 298 Å². The van der Waals surface area contributed by atoms with Gasteiger partial charge in [0.2, 0.25) is 0 Å². The quantitative estimate of drug-likeness (QED) is 0.109. The van der Waals surface area contributed by atoms with Crippen LogP contribution in [0, 0.1) is 0 Å². The molecule has 0 aliphatic carbocycles. The summed E-state index contributed by atoms with van der Waals surface area (Å²) >= 11 is 0. The van der Waals surface area contributed by atoms with Gasteiger partial charge in [0.1, 0.15) is 5.60 Å². The molecule has 0 unspecified atom stereocenters. The summed E-state index contributed by atoms with van der Waals surface area (Å²) in [5.74, 6) is -5.98. The molecule has 0 bridgehead atoms. The maximum atomic E-state index is 10.1. The number of anilines is 6. The Bertz CT molecular complexity index is 1010. The van der Waals surface area contributed by atoms with Crippen LogP contribution in [0.1, 0.15) is 12.8 Å². The van der Waals surface area contributed by atoms with E-state index in [4.69, 9.17) is 39.5 Å². The molecule has 0 amide bonds. The first-order chi connectivity index (χ1) is 17.2. The molecule has 3 aromatic rings. The van der Waals surface area contributed by atoms with Crippen LogP contribution in [-0.2, 0) is 14.4 Å². The van der Waals surface area contributed by atoms with Crippen molar-refractivity contribution in [2.45, 2.75) is 18.4 Å². The maximum absolute atomic E-state index is 10.1. The summed E-state index contributed by atoms with van der Waals surface area (Å²) in [6.07, 6.45) is -2.72. The van der Waals surface area contributed by atoms with Crippen molar-refractivity contribution in [2.24, 2.45) is 0 Å². The summed E-state index contributed by atoms with van der Waals surface area (Å²) in [6.45, 7) is 0. The van der Waals surface area contributed by atoms with Crippen LogP contribution in [0.4, 0.5) is 34.1 Å². The molecule has 0 saturated carbocycles. The molecule has 3 aromatic carbocycles. The Kier molecular flexibility index (Phi) is 26.4. The van der Waals surface area contributed by atoms with Gasteiger partial charge in [-0.1, -0.05) is 36.4 Å². The van der Waals surface area contributed by atoms with Crippen molar-refractivity contribution >= 4 is 52.0 Å². The number of aliphatic hydroxyl groups is 1. The zero-order valence-electron chi connectivity index (χ0n) is 22.7. The van der Waals surface area contributed by atoms with Crippen LogP contribution in [0.3, 0.4) is 0 Å². The Morgan fingerprint density at radius 3 is 0.800 bits per heavy atom. The zero-order valence-corrected chi connectivity index (χ0v) is 28.7. The second-order valence-electron chi connectivity index (χ2n) is 7.30. The van der Waals surface area contributed by atoms with E-state index in [0.29, 0.717) is 34.1 Å². The first kappa shape index (κ1) is 44.8. The van der Waals surface area contributed by atoms with Crippen LogP contribution < -0.4 is 138 Å². The number of nitrogens with two attached hydrogens (primary N) is 6. The van der Waals surface area contributed by atoms with Crippen LogP contribution in [0.2, 0.25) is 0 Å². The second kappa shape index (κ2) is 23.5. The minimum Gasteiger partial charge on any atom is -0.550 e. The first-order valence-corrected chi connectivity index (χ1v) is 10.3. The number of carbonyl (C=O) groups excluding carboxylic acids is 3. The molecule has 0 spiro atoms. The average molecular weight is 583 g/mol. The van der Waals surface area contributed by atoms with E-state index >= 15 is 0 Å². The Balaban J connectivity index is -0.000000215. The summed E-state index contributed by atoms with van der Waals surface area (Å²) in [5, 5.41) is 38.9. The second-order valence-corrected chi connectivity index (χ2v) is 7.30. The van der Waals surface area contributed by atoms with Crippen molar-refractivity contribution in [1.29, 1.82) is 0 Å². The molecular formula is C24H29N6Na3O7. The third kappa shape index (κ3) is 19.8. The Morgan fingerprint density at radius 2 is 0.700 bits per heavy atom. The number of rotatable bonds is 5. The first-order valence-electron chi connectivity index (χ1n) is 10.3. The van der Waals surface area contributed by atoms with Crippen LogP contribution in [-0.4, -0.2) is 28.6 Å². The summed E-state index contributed by atoms with van der Waals surface area (Å²) < 4.78 is 0. The molecule has 0 aliphatic rings. The Hall–Kier alpha value is -2.17. The van der Waals surface area contributed by atoms with Gasteiger partial charge in [0.15, 0.2) is 0 Å².